The fraction of sp³-hybridized carbons (Fsp3) is 0.222. The van der Waals surface area contributed by atoms with Crippen LogP contribution in [0.25, 0.3) is 0 Å². The first kappa shape index (κ1) is 18.0. The van der Waals surface area contributed by atoms with Gasteiger partial charge < -0.3 is 20.2 Å². The predicted octanol–water partition coefficient (Wildman–Crippen LogP) is 2.47. The van der Waals surface area contributed by atoms with Gasteiger partial charge in [-0.25, -0.2) is 4.39 Å². The summed E-state index contributed by atoms with van der Waals surface area (Å²) in [6.07, 6.45) is 0. The molecule has 1 heterocycles. The molecule has 1 aliphatic heterocycles. The second kappa shape index (κ2) is 7.61. The van der Waals surface area contributed by atoms with E-state index in [-0.39, 0.29) is 17.3 Å². The predicted molar refractivity (Wildman–Crippen MR) is 96.9 cm³/mol. The molecule has 2 N–H and O–H groups in total. The van der Waals surface area contributed by atoms with Crippen molar-refractivity contribution in [3.05, 3.63) is 53.3 Å². The maximum Gasteiger partial charge on any atom is 0.314 e. The molecule has 2 amide bonds. The van der Waals surface area contributed by atoms with E-state index in [1.807, 2.05) is 4.90 Å². The van der Waals surface area contributed by atoms with Gasteiger partial charge in [0.25, 0.3) is 0 Å². The fourth-order valence-electron chi connectivity index (χ4n) is 2.75. The molecule has 26 heavy (non-hydrogen) atoms. The van der Waals surface area contributed by atoms with Gasteiger partial charge in [-0.3, -0.25) is 9.59 Å². The molecule has 0 atom stereocenters. The molecule has 0 aliphatic carbocycles. The summed E-state index contributed by atoms with van der Waals surface area (Å²) in [6.45, 7) is 1.80. The van der Waals surface area contributed by atoms with Gasteiger partial charge in [0.15, 0.2) is 0 Å². The zero-order valence-electron chi connectivity index (χ0n) is 13.8. The van der Waals surface area contributed by atoms with E-state index in [0.29, 0.717) is 31.2 Å². The van der Waals surface area contributed by atoms with Crippen LogP contribution in [-0.4, -0.2) is 48.0 Å². The van der Waals surface area contributed by atoms with E-state index in [1.54, 1.807) is 12.1 Å². The largest absolute Gasteiger partial charge is 0.506 e. The van der Waals surface area contributed by atoms with E-state index in [9.17, 15) is 19.1 Å². The Morgan fingerprint density at radius 3 is 2.35 bits per heavy atom. The van der Waals surface area contributed by atoms with Gasteiger partial charge in [-0.2, -0.15) is 0 Å². The average Bonchev–Trinajstić information content (AvgIpc) is 2.65. The lowest BCUT2D eigenvalue weighted by Gasteiger charge is -2.35. The minimum absolute atomic E-state index is 0.0841. The van der Waals surface area contributed by atoms with Crippen molar-refractivity contribution in [2.45, 2.75) is 0 Å². The number of hydrogen-bond donors (Lipinski definition) is 2. The van der Waals surface area contributed by atoms with Crippen molar-refractivity contribution in [1.29, 1.82) is 0 Å². The van der Waals surface area contributed by atoms with Crippen molar-refractivity contribution in [2.24, 2.45) is 0 Å². The normalized spacial score (nSPS) is 14.2. The first-order chi connectivity index (χ1) is 12.4. The van der Waals surface area contributed by atoms with Crippen LogP contribution in [0.4, 0.5) is 15.8 Å². The van der Waals surface area contributed by atoms with E-state index in [2.05, 4.69) is 5.32 Å². The summed E-state index contributed by atoms with van der Waals surface area (Å²) in [4.78, 5) is 27.9. The molecule has 0 bridgehead atoms. The van der Waals surface area contributed by atoms with E-state index in [1.165, 1.54) is 35.2 Å². The van der Waals surface area contributed by atoms with Crippen molar-refractivity contribution in [3.8, 4) is 5.75 Å². The molecule has 0 spiro atoms. The fourth-order valence-corrected chi connectivity index (χ4v) is 2.92. The highest BCUT2D eigenvalue weighted by Gasteiger charge is 2.26. The smallest absolute Gasteiger partial charge is 0.314 e. The van der Waals surface area contributed by atoms with Crippen LogP contribution in [0.1, 0.15) is 0 Å². The van der Waals surface area contributed by atoms with E-state index in [0.717, 1.165) is 5.69 Å². The molecule has 0 radical (unpaired) electrons. The maximum absolute atomic E-state index is 13.0. The molecular formula is C18H17ClFN3O3. The Morgan fingerprint density at radius 2 is 1.69 bits per heavy atom. The van der Waals surface area contributed by atoms with Crippen molar-refractivity contribution < 1.29 is 19.1 Å². The molecule has 0 unspecified atom stereocenters. The number of amides is 2. The van der Waals surface area contributed by atoms with Crippen LogP contribution in [0.5, 0.6) is 5.75 Å². The molecule has 0 saturated carbocycles. The number of halogens is 2. The van der Waals surface area contributed by atoms with Crippen LogP contribution in [-0.2, 0) is 9.59 Å². The number of nitrogens with one attached hydrogen (secondary N) is 1. The maximum atomic E-state index is 13.0. The number of phenols is 1. The highest BCUT2D eigenvalue weighted by Crippen LogP contribution is 2.26. The summed E-state index contributed by atoms with van der Waals surface area (Å²) in [6, 6.07) is 10.3. The second-order valence-electron chi connectivity index (χ2n) is 5.87. The highest BCUT2D eigenvalue weighted by atomic mass is 35.5. The third-order valence-electron chi connectivity index (χ3n) is 4.16. The van der Waals surface area contributed by atoms with E-state index < -0.39 is 11.8 Å². The molecule has 1 fully saturated rings. The number of carbonyl (C=O) groups is 2. The topological polar surface area (TPSA) is 72.9 Å². The Labute approximate surface area is 154 Å². The molecule has 8 heteroatoms. The number of benzene rings is 2. The van der Waals surface area contributed by atoms with Crippen LogP contribution >= 0.6 is 11.6 Å². The lowest BCUT2D eigenvalue weighted by atomic mass is 10.2. The SMILES string of the molecule is O=C(Nc1cc(Cl)ccc1O)C(=O)N1CCN(c2ccc(F)cc2)CC1. The number of aromatic hydroxyl groups is 1. The van der Waals surface area contributed by atoms with Gasteiger partial charge in [0, 0.05) is 36.9 Å². The van der Waals surface area contributed by atoms with Gasteiger partial charge in [0.05, 0.1) is 5.69 Å². The van der Waals surface area contributed by atoms with Crippen LogP contribution < -0.4 is 10.2 Å². The molecule has 1 aliphatic rings. The average molecular weight is 378 g/mol. The third kappa shape index (κ3) is 4.05. The standard InChI is InChI=1S/C18H17ClFN3O3/c19-12-1-6-16(24)15(11-12)21-17(25)18(26)23-9-7-22(8-10-23)14-4-2-13(20)3-5-14/h1-6,11,24H,7-10H2,(H,21,25). The third-order valence-corrected chi connectivity index (χ3v) is 4.39. The van der Waals surface area contributed by atoms with Crippen molar-refractivity contribution >= 4 is 34.8 Å². The number of carbonyl (C=O) groups excluding carboxylic acids is 2. The summed E-state index contributed by atoms with van der Waals surface area (Å²) in [5.41, 5.74) is 0.951. The van der Waals surface area contributed by atoms with Crippen LogP contribution in [0.3, 0.4) is 0 Å². The van der Waals surface area contributed by atoms with Gasteiger partial charge in [-0.15, -0.1) is 0 Å². The number of anilines is 2. The molecule has 1 saturated heterocycles. The number of nitrogens with zero attached hydrogens (tertiary/aromatic N) is 2. The monoisotopic (exact) mass is 377 g/mol. The lowest BCUT2D eigenvalue weighted by molar-refractivity contribution is -0.143. The first-order valence-electron chi connectivity index (χ1n) is 8.03. The zero-order chi connectivity index (χ0) is 18.7. The number of phenolic OH excluding ortho intramolecular Hbond substituents is 1. The van der Waals surface area contributed by atoms with Crippen LogP contribution in [0.15, 0.2) is 42.5 Å². The Kier molecular flexibility index (Phi) is 5.27. The lowest BCUT2D eigenvalue weighted by Crippen LogP contribution is -2.51. The quantitative estimate of drug-likeness (QED) is 0.623. The highest BCUT2D eigenvalue weighted by molar-refractivity contribution is 6.40. The van der Waals surface area contributed by atoms with Gasteiger partial charge in [-0.05, 0) is 42.5 Å². The summed E-state index contributed by atoms with van der Waals surface area (Å²) < 4.78 is 13.0. The molecule has 0 aromatic heterocycles. The Bertz CT molecular complexity index is 821. The van der Waals surface area contributed by atoms with Gasteiger partial charge in [-0.1, -0.05) is 11.6 Å². The van der Waals surface area contributed by atoms with Gasteiger partial charge in [0.2, 0.25) is 0 Å². The summed E-state index contributed by atoms with van der Waals surface area (Å²) >= 11 is 5.83. The molecule has 6 nitrogen and oxygen atoms in total. The summed E-state index contributed by atoms with van der Waals surface area (Å²) in [7, 11) is 0. The summed E-state index contributed by atoms with van der Waals surface area (Å²) in [5, 5.41) is 12.4. The minimum atomic E-state index is -0.835. The number of hydrogen-bond acceptors (Lipinski definition) is 4. The molecule has 2 aromatic rings. The van der Waals surface area contributed by atoms with Crippen molar-refractivity contribution in [3.63, 3.8) is 0 Å². The van der Waals surface area contributed by atoms with Crippen molar-refractivity contribution in [1.82, 2.24) is 4.90 Å². The van der Waals surface area contributed by atoms with Gasteiger partial charge in [0.1, 0.15) is 11.6 Å². The minimum Gasteiger partial charge on any atom is -0.506 e. The van der Waals surface area contributed by atoms with E-state index >= 15 is 0 Å². The molecule has 2 aromatic carbocycles. The van der Waals surface area contributed by atoms with Crippen LogP contribution in [0.2, 0.25) is 5.02 Å². The van der Waals surface area contributed by atoms with E-state index in [4.69, 9.17) is 11.6 Å². The molecule has 3 rings (SSSR count). The number of piperazine rings is 1. The number of rotatable bonds is 2. The zero-order valence-corrected chi connectivity index (χ0v) is 14.5. The Balaban J connectivity index is 1.58. The van der Waals surface area contributed by atoms with Crippen LogP contribution in [0, 0.1) is 5.82 Å². The van der Waals surface area contributed by atoms with Gasteiger partial charge >= 0.3 is 11.8 Å². The van der Waals surface area contributed by atoms with Crippen molar-refractivity contribution in [2.75, 3.05) is 36.4 Å². The molecular weight excluding hydrogens is 361 g/mol. The molecule has 136 valence electrons. The first-order valence-corrected chi connectivity index (χ1v) is 8.41. The summed E-state index contributed by atoms with van der Waals surface area (Å²) in [5.74, 6) is -1.99. The second-order valence-corrected chi connectivity index (χ2v) is 6.31. The Hall–Kier alpha value is -2.80. The Morgan fingerprint density at radius 1 is 1.04 bits per heavy atom.